The topological polar surface area (TPSA) is 113 Å². The third kappa shape index (κ3) is 5.42. The number of nitrogen functional groups attached to an aromatic ring is 1. The third-order valence-electron chi connectivity index (χ3n) is 4.94. The highest BCUT2D eigenvalue weighted by atomic mass is 35.5. The van der Waals surface area contributed by atoms with Crippen molar-refractivity contribution in [3.8, 4) is 23.0 Å². The molecule has 0 fully saturated rings. The number of hydrogen-bond donors (Lipinski definition) is 1. The summed E-state index contributed by atoms with van der Waals surface area (Å²) in [6.45, 7) is 3.94. The summed E-state index contributed by atoms with van der Waals surface area (Å²) >= 11 is 6.11. The number of nitrogens with zero attached hydrogens (tertiary/aromatic N) is 4. The van der Waals surface area contributed by atoms with E-state index in [1.54, 1.807) is 24.3 Å². The maximum atomic E-state index is 13.3. The summed E-state index contributed by atoms with van der Waals surface area (Å²) in [5, 5.41) is 4.51. The minimum Gasteiger partial charge on any atom is -0.423 e. The van der Waals surface area contributed by atoms with Crippen molar-refractivity contribution in [1.29, 1.82) is 0 Å². The lowest BCUT2D eigenvalue weighted by Gasteiger charge is -2.10. The first-order chi connectivity index (χ1) is 16.9. The Labute approximate surface area is 204 Å². The number of anilines is 1. The van der Waals surface area contributed by atoms with Gasteiger partial charge in [0.25, 0.3) is 0 Å². The number of allylic oxidation sites excluding steroid dienone is 1. The number of ether oxygens (including phenoxy) is 1. The molecule has 2 aromatic carbocycles. The number of hydrogen-bond acceptors (Lipinski definition) is 7. The molecule has 8 nitrogen and oxygen atoms in total. The zero-order valence-electron chi connectivity index (χ0n) is 18.3. The Morgan fingerprint density at radius 3 is 2.57 bits per heavy atom. The first-order valence-electron chi connectivity index (χ1n) is 10.4. The number of rotatable bonds is 8. The zero-order valence-corrected chi connectivity index (χ0v) is 19.1. The zero-order chi connectivity index (χ0) is 24.9. The predicted octanol–water partition coefficient (Wildman–Crippen LogP) is 4.48. The molecule has 4 aromatic rings. The number of carbonyl (C=O) groups is 1. The van der Waals surface area contributed by atoms with Crippen LogP contribution in [-0.2, 0) is 13.0 Å². The molecule has 0 amide bonds. The quantitative estimate of drug-likeness (QED) is 0.219. The van der Waals surface area contributed by atoms with E-state index >= 15 is 0 Å². The Kier molecular flexibility index (Phi) is 6.98. The van der Waals surface area contributed by atoms with Crippen LogP contribution in [0.5, 0.6) is 11.8 Å². The number of benzene rings is 2. The second kappa shape index (κ2) is 10.3. The van der Waals surface area contributed by atoms with E-state index in [1.165, 1.54) is 47.5 Å². The highest BCUT2D eigenvalue weighted by Gasteiger charge is 2.18. The van der Waals surface area contributed by atoms with Crippen LogP contribution in [0.3, 0.4) is 0 Å². The number of carbonyl (C=O) groups excluding carboxylic acids is 1. The van der Waals surface area contributed by atoms with Crippen LogP contribution in [0.4, 0.5) is 10.1 Å². The van der Waals surface area contributed by atoms with Gasteiger partial charge in [0.05, 0.1) is 17.8 Å². The molecule has 0 saturated carbocycles. The van der Waals surface area contributed by atoms with E-state index in [0.717, 1.165) is 0 Å². The summed E-state index contributed by atoms with van der Waals surface area (Å²) in [6.07, 6.45) is 5.67. The van der Waals surface area contributed by atoms with Gasteiger partial charge in [-0.05, 0) is 42.0 Å². The van der Waals surface area contributed by atoms with Gasteiger partial charge in [0.1, 0.15) is 16.5 Å². The highest BCUT2D eigenvalue weighted by molar-refractivity contribution is 6.34. The van der Waals surface area contributed by atoms with Gasteiger partial charge in [-0.2, -0.15) is 5.10 Å². The van der Waals surface area contributed by atoms with Crippen LogP contribution < -0.4 is 15.9 Å². The predicted molar refractivity (Wildman–Crippen MR) is 130 cm³/mol. The Morgan fingerprint density at radius 1 is 1.17 bits per heavy atom. The lowest BCUT2D eigenvalue weighted by molar-refractivity contribution is 0.0990. The van der Waals surface area contributed by atoms with Gasteiger partial charge in [-0.1, -0.05) is 23.7 Å². The molecule has 0 aliphatic heterocycles. The molecule has 0 atom stereocenters. The fourth-order valence-corrected chi connectivity index (χ4v) is 3.40. The standard InChI is InChI=1S/C25H19ClFN5O3/c1-2-10-32-14-18(24(34)23(31-32)16-6-8-17(27)9-7-16)20(33)11-15-12-29-25(30-13-15)35-21-5-3-4-19(28)22(21)26/h2-9,12-14H,1,10-11,28H2. The Balaban J connectivity index is 1.58. The van der Waals surface area contributed by atoms with Gasteiger partial charge in [0.15, 0.2) is 11.5 Å². The van der Waals surface area contributed by atoms with Crippen molar-refractivity contribution in [2.24, 2.45) is 0 Å². The largest absolute Gasteiger partial charge is 0.423 e. The Bertz CT molecular complexity index is 1450. The fraction of sp³-hybridized carbons (Fsp3) is 0.0800. The summed E-state index contributed by atoms with van der Waals surface area (Å²) in [6, 6.07) is 10.3. The van der Waals surface area contributed by atoms with Crippen LogP contribution in [-0.4, -0.2) is 25.5 Å². The van der Waals surface area contributed by atoms with Gasteiger partial charge in [-0.3, -0.25) is 14.3 Å². The normalized spacial score (nSPS) is 10.7. The lowest BCUT2D eigenvalue weighted by Crippen LogP contribution is -2.23. The molecule has 4 rings (SSSR count). The SMILES string of the molecule is C=CCn1cc(C(=O)Cc2cnc(Oc3cccc(N)c3Cl)nc2)c(=O)c(-c2ccc(F)cc2)n1. The summed E-state index contributed by atoms with van der Waals surface area (Å²) in [5.41, 5.74) is 6.40. The molecule has 10 heteroatoms. The monoisotopic (exact) mass is 491 g/mol. The highest BCUT2D eigenvalue weighted by Crippen LogP contribution is 2.32. The van der Waals surface area contributed by atoms with E-state index in [4.69, 9.17) is 22.1 Å². The van der Waals surface area contributed by atoms with E-state index in [1.807, 2.05) is 0 Å². The van der Waals surface area contributed by atoms with E-state index < -0.39 is 17.0 Å². The van der Waals surface area contributed by atoms with Gasteiger partial charge in [-0.25, -0.2) is 14.4 Å². The molecule has 0 aliphatic carbocycles. The lowest BCUT2D eigenvalue weighted by atomic mass is 10.0. The summed E-state index contributed by atoms with van der Waals surface area (Å²) < 4.78 is 20.3. The molecule has 2 aromatic heterocycles. The van der Waals surface area contributed by atoms with Gasteiger partial charge < -0.3 is 10.5 Å². The molecule has 0 unspecified atom stereocenters. The van der Waals surface area contributed by atoms with Crippen molar-refractivity contribution >= 4 is 23.1 Å². The smallest absolute Gasteiger partial charge is 0.321 e. The third-order valence-corrected chi connectivity index (χ3v) is 5.35. The minimum absolute atomic E-state index is 0.0181. The minimum atomic E-state index is -0.556. The van der Waals surface area contributed by atoms with Crippen molar-refractivity contribution in [3.05, 3.63) is 106 Å². The first kappa shape index (κ1) is 23.8. The Morgan fingerprint density at radius 2 is 1.89 bits per heavy atom. The van der Waals surface area contributed by atoms with E-state index in [0.29, 0.717) is 22.6 Å². The Hall–Kier alpha value is -4.37. The molecule has 0 spiro atoms. The van der Waals surface area contributed by atoms with Gasteiger partial charge in [0.2, 0.25) is 5.43 Å². The number of nitrogens with two attached hydrogens (primary N) is 1. The summed E-state index contributed by atoms with van der Waals surface area (Å²) in [5.74, 6) is -0.601. The van der Waals surface area contributed by atoms with Gasteiger partial charge in [-0.15, -0.1) is 6.58 Å². The van der Waals surface area contributed by atoms with Crippen LogP contribution in [0.15, 0.2) is 78.5 Å². The number of halogens is 2. The molecular formula is C25H19ClFN5O3. The molecule has 0 radical (unpaired) electrons. The molecular weight excluding hydrogens is 473 g/mol. The number of Topliss-reactive ketones (excluding diaryl/α,β-unsaturated/α-hetero) is 1. The van der Waals surface area contributed by atoms with Crippen molar-refractivity contribution in [1.82, 2.24) is 19.7 Å². The van der Waals surface area contributed by atoms with Gasteiger partial charge >= 0.3 is 6.01 Å². The van der Waals surface area contributed by atoms with Gasteiger partial charge in [0, 0.05) is 30.6 Å². The molecule has 35 heavy (non-hydrogen) atoms. The van der Waals surface area contributed by atoms with Crippen LogP contribution in [0, 0.1) is 5.82 Å². The molecule has 0 saturated heterocycles. The van der Waals surface area contributed by atoms with Crippen LogP contribution in [0.1, 0.15) is 15.9 Å². The van der Waals surface area contributed by atoms with Crippen molar-refractivity contribution in [2.75, 3.05) is 5.73 Å². The number of aromatic nitrogens is 4. The first-order valence-corrected chi connectivity index (χ1v) is 10.8. The van der Waals surface area contributed by atoms with Crippen molar-refractivity contribution in [2.45, 2.75) is 13.0 Å². The van der Waals surface area contributed by atoms with Crippen LogP contribution in [0.2, 0.25) is 5.02 Å². The van der Waals surface area contributed by atoms with Crippen molar-refractivity contribution < 1.29 is 13.9 Å². The van der Waals surface area contributed by atoms with E-state index in [-0.39, 0.29) is 35.3 Å². The van der Waals surface area contributed by atoms with E-state index in [9.17, 15) is 14.0 Å². The fourth-order valence-electron chi connectivity index (χ4n) is 3.23. The average molecular weight is 492 g/mol. The second-order valence-electron chi connectivity index (χ2n) is 7.47. The molecule has 0 bridgehead atoms. The van der Waals surface area contributed by atoms with Crippen LogP contribution >= 0.6 is 11.6 Å². The molecule has 176 valence electrons. The number of ketones is 1. The molecule has 2 N–H and O–H groups in total. The summed E-state index contributed by atoms with van der Waals surface area (Å²) in [4.78, 5) is 34.3. The van der Waals surface area contributed by atoms with E-state index in [2.05, 4.69) is 21.6 Å². The second-order valence-corrected chi connectivity index (χ2v) is 7.85. The summed E-state index contributed by atoms with van der Waals surface area (Å²) in [7, 11) is 0. The van der Waals surface area contributed by atoms with Crippen molar-refractivity contribution in [3.63, 3.8) is 0 Å². The average Bonchev–Trinajstić information content (AvgIpc) is 2.85. The molecule has 2 heterocycles. The maximum Gasteiger partial charge on any atom is 0.321 e. The van der Waals surface area contributed by atoms with Crippen LogP contribution in [0.25, 0.3) is 11.3 Å². The molecule has 0 aliphatic rings. The maximum absolute atomic E-state index is 13.3.